The first kappa shape index (κ1) is 24.1. The third kappa shape index (κ3) is 4.99. The highest BCUT2D eigenvalue weighted by molar-refractivity contribution is 8.00. The van der Waals surface area contributed by atoms with Gasteiger partial charge in [0.15, 0.2) is 5.16 Å². The highest BCUT2D eigenvalue weighted by atomic mass is 32.2. The van der Waals surface area contributed by atoms with Crippen LogP contribution >= 0.6 is 11.8 Å². The van der Waals surface area contributed by atoms with Gasteiger partial charge in [0.1, 0.15) is 5.82 Å². The molecule has 1 unspecified atom stereocenters. The van der Waals surface area contributed by atoms with E-state index < -0.39 is 5.25 Å². The average molecular weight is 500 g/mol. The normalized spacial score (nSPS) is 14.6. The highest BCUT2D eigenvalue weighted by Gasteiger charge is 2.22. The number of carbonyl (C=O) groups is 1. The minimum absolute atomic E-state index is 0.155. The second-order valence-corrected chi connectivity index (χ2v) is 10.3. The zero-order chi connectivity index (χ0) is 25.1. The summed E-state index contributed by atoms with van der Waals surface area (Å²) in [5.74, 6) is 0.363. The lowest BCUT2D eigenvalue weighted by Gasteiger charge is -2.28. The molecule has 36 heavy (non-hydrogen) atoms. The van der Waals surface area contributed by atoms with Gasteiger partial charge in [0, 0.05) is 30.7 Å². The molecule has 0 saturated carbocycles. The van der Waals surface area contributed by atoms with Crippen molar-refractivity contribution in [1.82, 2.24) is 14.5 Å². The molecular weight excluding hydrogens is 470 g/mol. The Morgan fingerprint density at radius 2 is 1.75 bits per heavy atom. The van der Waals surface area contributed by atoms with Crippen LogP contribution in [0.25, 0.3) is 16.7 Å². The number of thioether (sulfide) groups is 1. The van der Waals surface area contributed by atoms with E-state index in [0.717, 1.165) is 24.3 Å². The van der Waals surface area contributed by atoms with E-state index in [9.17, 15) is 9.59 Å². The van der Waals surface area contributed by atoms with Crippen LogP contribution in [0, 0.1) is 6.92 Å². The number of rotatable bonds is 6. The molecule has 7 nitrogen and oxygen atoms in total. The van der Waals surface area contributed by atoms with Crippen LogP contribution in [0.1, 0.15) is 31.7 Å². The molecule has 2 aromatic heterocycles. The predicted octanol–water partition coefficient (Wildman–Crippen LogP) is 5.20. The first-order valence-electron chi connectivity index (χ1n) is 12.3. The molecule has 1 aliphatic heterocycles. The first-order valence-corrected chi connectivity index (χ1v) is 13.2. The Bertz CT molecular complexity index is 1440. The van der Waals surface area contributed by atoms with Gasteiger partial charge >= 0.3 is 0 Å². The lowest BCUT2D eigenvalue weighted by Crippen LogP contribution is -2.29. The van der Waals surface area contributed by atoms with E-state index in [1.54, 1.807) is 12.3 Å². The summed E-state index contributed by atoms with van der Waals surface area (Å²) in [6, 6.07) is 19.0. The van der Waals surface area contributed by atoms with E-state index in [4.69, 9.17) is 4.98 Å². The van der Waals surface area contributed by atoms with E-state index in [1.807, 2.05) is 56.3 Å². The number of hydrogen-bond acceptors (Lipinski definition) is 6. The van der Waals surface area contributed by atoms with E-state index in [-0.39, 0.29) is 11.5 Å². The molecule has 1 N–H and O–H groups in total. The van der Waals surface area contributed by atoms with Gasteiger partial charge in [-0.05, 0) is 81.1 Å². The van der Waals surface area contributed by atoms with Gasteiger partial charge < -0.3 is 10.2 Å². The van der Waals surface area contributed by atoms with Gasteiger partial charge in [-0.1, -0.05) is 30.0 Å². The topological polar surface area (TPSA) is 80.1 Å². The van der Waals surface area contributed by atoms with Crippen LogP contribution in [-0.2, 0) is 4.79 Å². The maximum absolute atomic E-state index is 13.5. The Balaban J connectivity index is 1.39. The molecule has 2 aromatic carbocycles. The molecule has 8 heteroatoms. The number of carbonyl (C=O) groups excluding carboxylic acids is 1. The maximum atomic E-state index is 13.5. The highest BCUT2D eigenvalue weighted by Crippen LogP contribution is 2.27. The van der Waals surface area contributed by atoms with Gasteiger partial charge in [0.25, 0.3) is 5.56 Å². The summed E-state index contributed by atoms with van der Waals surface area (Å²) in [7, 11) is 0. The van der Waals surface area contributed by atoms with Crippen LogP contribution in [0.4, 0.5) is 11.4 Å². The van der Waals surface area contributed by atoms with Crippen LogP contribution in [0.2, 0.25) is 0 Å². The number of aromatic nitrogens is 3. The number of nitrogens with one attached hydrogen (secondary N) is 1. The monoisotopic (exact) mass is 499 g/mol. The van der Waals surface area contributed by atoms with Gasteiger partial charge in [-0.3, -0.25) is 9.59 Å². The number of benzene rings is 2. The molecule has 0 bridgehead atoms. The van der Waals surface area contributed by atoms with Crippen molar-refractivity contribution in [3.05, 3.63) is 82.8 Å². The summed E-state index contributed by atoms with van der Waals surface area (Å²) in [6.07, 6.45) is 5.39. The lowest BCUT2D eigenvalue weighted by atomic mass is 10.1. The SMILES string of the molecule is Cc1cccnc1-n1c(SC(C)C(=O)Nc2ccc(N3CCCCC3)cc2)nc2ccccc2c1=O. The molecule has 0 radical (unpaired) electrons. The molecule has 1 fully saturated rings. The minimum Gasteiger partial charge on any atom is -0.372 e. The number of pyridine rings is 1. The van der Waals surface area contributed by atoms with E-state index in [0.29, 0.717) is 21.9 Å². The smallest absolute Gasteiger partial charge is 0.267 e. The number of para-hydroxylation sites is 1. The largest absolute Gasteiger partial charge is 0.372 e. The number of fused-ring (bicyclic) bond motifs is 1. The van der Waals surface area contributed by atoms with E-state index in [1.165, 1.54) is 41.3 Å². The number of piperidine rings is 1. The Morgan fingerprint density at radius 1 is 1.00 bits per heavy atom. The van der Waals surface area contributed by atoms with Crippen molar-refractivity contribution in [3.63, 3.8) is 0 Å². The minimum atomic E-state index is -0.491. The maximum Gasteiger partial charge on any atom is 0.267 e. The zero-order valence-corrected chi connectivity index (χ0v) is 21.3. The summed E-state index contributed by atoms with van der Waals surface area (Å²) < 4.78 is 1.51. The fourth-order valence-corrected chi connectivity index (χ4v) is 5.36. The third-order valence-corrected chi connectivity index (χ3v) is 7.50. The second kappa shape index (κ2) is 10.5. The van der Waals surface area contributed by atoms with Crippen molar-refractivity contribution < 1.29 is 4.79 Å². The number of hydrogen-bond donors (Lipinski definition) is 1. The van der Waals surface area contributed by atoms with Crippen LogP contribution in [-0.4, -0.2) is 38.8 Å². The van der Waals surface area contributed by atoms with Crippen molar-refractivity contribution in [1.29, 1.82) is 0 Å². The van der Waals surface area contributed by atoms with Gasteiger partial charge in [0.2, 0.25) is 5.91 Å². The summed E-state index contributed by atoms with van der Waals surface area (Å²) in [5, 5.41) is 3.46. The fraction of sp³-hybridized carbons (Fsp3) is 0.286. The van der Waals surface area contributed by atoms with Crippen molar-refractivity contribution in [2.45, 2.75) is 43.5 Å². The number of anilines is 2. The molecular formula is C28H29N5O2S. The molecule has 1 atom stereocenters. The predicted molar refractivity (Wildman–Crippen MR) is 146 cm³/mol. The van der Waals surface area contributed by atoms with Crippen molar-refractivity contribution >= 4 is 39.9 Å². The summed E-state index contributed by atoms with van der Waals surface area (Å²) in [6.45, 7) is 5.88. The quantitative estimate of drug-likeness (QED) is 0.290. The number of nitrogens with zero attached hydrogens (tertiary/aromatic N) is 4. The van der Waals surface area contributed by atoms with Crippen molar-refractivity contribution in [3.8, 4) is 5.82 Å². The molecule has 4 aromatic rings. The van der Waals surface area contributed by atoms with Gasteiger partial charge in [0.05, 0.1) is 16.2 Å². The Kier molecular flexibility index (Phi) is 7.04. The summed E-state index contributed by atoms with van der Waals surface area (Å²) >= 11 is 1.25. The van der Waals surface area contributed by atoms with Crippen LogP contribution in [0.3, 0.4) is 0 Å². The molecule has 184 valence electrons. The summed E-state index contributed by atoms with van der Waals surface area (Å²) in [5.41, 5.74) is 3.17. The fourth-order valence-electron chi connectivity index (χ4n) is 4.45. The summed E-state index contributed by atoms with van der Waals surface area (Å²) in [4.78, 5) is 38.1. The molecule has 0 aliphatic carbocycles. The third-order valence-electron chi connectivity index (χ3n) is 6.45. The molecule has 1 aliphatic rings. The first-order chi connectivity index (χ1) is 17.5. The molecule has 5 rings (SSSR count). The molecule has 1 amide bonds. The van der Waals surface area contributed by atoms with Crippen LogP contribution < -0.4 is 15.8 Å². The van der Waals surface area contributed by atoms with Crippen LogP contribution in [0.15, 0.2) is 76.8 Å². The van der Waals surface area contributed by atoms with E-state index in [2.05, 4.69) is 27.3 Å². The van der Waals surface area contributed by atoms with E-state index >= 15 is 0 Å². The van der Waals surface area contributed by atoms with Gasteiger partial charge in [-0.15, -0.1) is 0 Å². The molecule has 0 spiro atoms. The second-order valence-electron chi connectivity index (χ2n) is 9.04. The lowest BCUT2D eigenvalue weighted by molar-refractivity contribution is -0.115. The zero-order valence-electron chi connectivity index (χ0n) is 20.5. The van der Waals surface area contributed by atoms with Gasteiger partial charge in [-0.2, -0.15) is 0 Å². The Hall–Kier alpha value is -3.65. The Labute approximate surface area is 214 Å². The van der Waals surface area contributed by atoms with Crippen molar-refractivity contribution in [2.24, 2.45) is 0 Å². The van der Waals surface area contributed by atoms with Crippen molar-refractivity contribution in [2.75, 3.05) is 23.3 Å². The number of amides is 1. The van der Waals surface area contributed by atoms with Crippen LogP contribution in [0.5, 0.6) is 0 Å². The van der Waals surface area contributed by atoms with Gasteiger partial charge in [-0.25, -0.2) is 14.5 Å². The average Bonchev–Trinajstić information content (AvgIpc) is 2.90. The molecule has 1 saturated heterocycles. The standard InChI is InChI=1S/C28H29N5O2S/c1-19-9-8-16-29-25(19)33-27(35)23-10-4-5-11-24(23)31-28(33)36-20(2)26(34)30-21-12-14-22(15-13-21)32-17-6-3-7-18-32/h4-5,8-16,20H,3,6-7,17-18H2,1-2H3,(H,30,34). The Morgan fingerprint density at radius 3 is 2.50 bits per heavy atom. The number of aryl methyl sites for hydroxylation is 1. The molecule has 3 heterocycles.